The van der Waals surface area contributed by atoms with Crippen LogP contribution >= 0.6 is 0 Å². The molecule has 1 aromatic rings. The van der Waals surface area contributed by atoms with Crippen LogP contribution < -0.4 is 10.1 Å². The van der Waals surface area contributed by atoms with Gasteiger partial charge >= 0.3 is 6.03 Å². The third kappa shape index (κ3) is 4.72. The number of benzene rings is 1. The van der Waals surface area contributed by atoms with Crippen LogP contribution in [0.2, 0.25) is 0 Å². The van der Waals surface area contributed by atoms with Crippen molar-refractivity contribution in [2.75, 3.05) is 39.3 Å². The van der Waals surface area contributed by atoms with Crippen LogP contribution in [0.3, 0.4) is 0 Å². The molecule has 5 rings (SSSR count). The Bertz CT molecular complexity index is 1020. The fourth-order valence-electron chi connectivity index (χ4n) is 6.33. The van der Waals surface area contributed by atoms with E-state index < -0.39 is 11.6 Å². The SMILES string of the molecule is CCC(C)(C)C1CCC2(CC1)NC(=O)N(CC(=O)N1CCN(Cc3ccc4c(c3)CCO4)CC1)C2=O. The predicted octanol–water partition coefficient (Wildman–Crippen LogP) is 3.18. The van der Waals surface area contributed by atoms with Gasteiger partial charge in [0, 0.05) is 39.1 Å². The zero-order valence-electron chi connectivity index (χ0n) is 22.0. The Morgan fingerprint density at radius 2 is 1.86 bits per heavy atom. The number of nitrogens with one attached hydrogen (secondary N) is 1. The minimum absolute atomic E-state index is 0.148. The number of piperazine rings is 1. The molecule has 4 amide bonds. The highest BCUT2D eigenvalue weighted by Gasteiger charge is 2.54. The largest absolute Gasteiger partial charge is 0.493 e. The number of imide groups is 1. The molecule has 0 bridgehead atoms. The van der Waals surface area contributed by atoms with E-state index in [1.54, 1.807) is 4.90 Å². The van der Waals surface area contributed by atoms with Crippen LogP contribution in [-0.4, -0.2) is 77.4 Å². The summed E-state index contributed by atoms with van der Waals surface area (Å²) in [5.41, 5.74) is 1.95. The van der Waals surface area contributed by atoms with E-state index >= 15 is 0 Å². The number of rotatable bonds is 6. The van der Waals surface area contributed by atoms with Crippen molar-refractivity contribution >= 4 is 17.8 Å². The van der Waals surface area contributed by atoms with Gasteiger partial charge in [-0.2, -0.15) is 0 Å². The second-order valence-electron chi connectivity index (χ2n) is 11.7. The summed E-state index contributed by atoms with van der Waals surface area (Å²) < 4.78 is 5.60. The van der Waals surface area contributed by atoms with Gasteiger partial charge in [-0.1, -0.05) is 39.3 Å². The molecule has 1 aliphatic carbocycles. The van der Waals surface area contributed by atoms with Gasteiger partial charge < -0.3 is 15.0 Å². The van der Waals surface area contributed by atoms with E-state index in [9.17, 15) is 14.4 Å². The molecule has 0 atom stereocenters. The van der Waals surface area contributed by atoms with E-state index in [0.717, 1.165) is 62.6 Å². The van der Waals surface area contributed by atoms with Crippen LogP contribution in [0.4, 0.5) is 4.79 Å². The Morgan fingerprint density at radius 3 is 2.56 bits per heavy atom. The molecule has 0 radical (unpaired) electrons. The molecule has 4 aliphatic rings. The number of fused-ring (bicyclic) bond motifs is 1. The Balaban J connectivity index is 1.12. The fraction of sp³-hybridized carbons (Fsp3) is 0.679. The molecule has 8 heteroatoms. The van der Waals surface area contributed by atoms with Crippen LogP contribution in [0.25, 0.3) is 0 Å². The minimum Gasteiger partial charge on any atom is -0.493 e. The summed E-state index contributed by atoms with van der Waals surface area (Å²) in [7, 11) is 0. The molecule has 2 saturated heterocycles. The molecule has 196 valence electrons. The zero-order valence-corrected chi connectivity index (χ0v) is 22.0. The minimum atomic E-state index is -0.822. The summed E-state index contributed by atoms with van der Waals surface area (Å²) in [6.45, 7) is 11.0. The standard InChI is InChI=1S/C28H40N4O4/c1-4-27(2,3)22-7-10-28(11-8-22)25(34)32(26(35)29-28)19-24(33)31-14-12-30(13-15-31)18-20-5-6-23-21(17-20)9-16-36-23/h5-6,17,22H,4,7-16,18-19H2,1-3H3,(H,29,35). The molecule has 3 fully saturated rings. The Morgan fingerprint density at radius 1 is 1.14 bits per heavy atom. The maximum Gasteiger partial charge on any atom is 0.325 e. The van der Waals surface area contributed by atoms with Crippen molar-refractivity contribution in [1.29, 1.82) is 0 Å². The first-order valence-electron chi connectivity index (χ1n) is 13.6. The average molecular weight is 497 g/mol. The smallest absolute Gasteiger partial charge is 0.325 e. The lowest BCUT2D eigenvalue weighted by Gasteiger charge is -2.42. The highest BCUT2D eigenvalue weighted by atomic mass is 16.5. The quantitative estimate of drug-likeness (QED) is 0.612. The van der Waals surface area contributed by atoms with E-state index in [1.807, 2.05) is 0 Å². The summed E-state index contributed by atoms with van der Waals surface area (Å²) in [5, 5.41) is 2.97. The molecule has 8 nitrogen and oxygen atoms in total. The number of ether oxygens (including phenoxy) is 1. The number of hydrogen-bond donors (Lipinski definition) is 1. The number of urea groups is 1. The summed E-state index contributed by atoms with van der Waals surface area (Å²) in [6, 6.07) is 5.98. The molecule has 3 heterocycles. The number of amides is 4. The first-order valence-corrected chi connectivity index (χ1v) is 13.6. The Labute approximate surface area is 214 Å². The lowest BCUT2D eigenvalue weighted by Crippen LogP contribution is -2.53. The van der Waals surface area contributed by atoms with Gasteiger partial charge in [-0.25, -0.2) is 4.79 Å². The van der Waals surface area contributed by atoms with Crippen molar-refractivity contribution in [2.24, 2.45) is 11.3 Å². The number of hydrogen-bond acceptors (Lipinski definition) is 5. The van der Waals surface area contributed by atoms with Gasteiger partial charge in [0.2, 0.25) is 5.91 Å². The second kappa shape index (κ2) is 9.69. The molecule has 0 aromatic heterocycles. The highest BCUT2D eigenvalue weighted by Crippen LogP contribution is 2.45. The predicted molar refractivity (Wildman–Crippen MR) is 137 cm³/mol. The number of carbonyl (C=O) groups excluding carboxylic acids is 3. The van der Waals surface area contributed by atoms with E-state index in [-0.39, 0.29) is 23.8 Å². The maximum absolute atomic E-state index is 13.3. The molecule has 1 saturated carbocycles. The van der Waals surface area contributed by atoms with Gasteiger partial charge in [-0.05, 0) is 54.2 Å². The van der Waals surface area contributed by atoms with Crippen LogP contribution in [0.5, 0.6) is 5.75 Å². The third-order valence-electron chi connectivity index (χ3n) is 9.28. The van der Waals surface area contributed by atoms with Crippen LogP contribution in [0.1, 0.15) is 64.0 Å². The van der Waals surface area contributed by atoms with Gasteiger partial charge in [0.25, 0.3) is 5.91 Å². The lowest BCUT2D eigenvalue weighted by molar-refractivity contribution is -0.140. The van der Waals surface area contributed by atoms with E-state index in [4.69, 9.17) is 4.74 Å². The van der Waals surface area contributed by atoms with Crippen LogP contribution in [0, 0.1) is 11.3 Å². The second-order valence-corrected chi connectivity index (χ2v) is 11.7. The van der Waals surface area contributed by atoms with Gasteiger partial charge in [-0.3, -0.25) is 19.4 Å². The molecule has 1 aromatic carbocycles. The van der Waals surface area contributed by atoms with Crippen LogP contribution in [-0.2, 0) is 22.6 Å². The monoisotopic (exact) mass is 496 g/mol. The molecule has 1 spiro atoms. The van der Waals surface area contributed by atoms with E-state index in [1.165, 1.54) is 11.1 Å². The summed E-state index contributed by atoms with van der Waals surface area (Å²) in [6.07, 6.45) is 5.23. The molecule has 36 heavy (non-hydrogen) atoms. The zero-order chi connectivity index (χ0) is 25.5. The highest BCUT2D eigenvalue weighted by molar-refractivity contribution is 6.09. The third-order valence-corrected chi connectivity index (χ3v) is 9.28. The van der Waals surface area contributed by atoms with Crippen molar-refractivity contribution < 1.29 is 19.1 Å². The Hall–Kier alpha value is -2.61. The topological polar surface area (TPSA) is 82.2 Å². The van der Waals surface area contributed by atoms with Gasteiger partial charge in [0.05, 0.1) is 6.61 Å². The normalized spacial score (nSPS) is 26.8. The number of nitrogens with zero attached hydrogens (tertiary/aromatic N) is 3. The van der Waals surface area contributed by atoms with Crippen molar-refractivity contribution in [2.45, 2.75) is 71.4 Å². The van der Waals surface area contributed by atoms with E-state index in [0.29, 0.717) is 31.8 Å². The van der Waals surface area contributed by atoms with Gasteiger partial charge in [-0.15, -0.1) is 0 Å². The summed E-state index contributed by atoms with van der Waals surface area (Å²) >= 11 is 0. The maximum atomic E-state index is 13.3. The lowest BCUT2D eigenvalue weighted by atomic mass is 9.65. The fourth-order valence-corrected chi connectivity index (χ4v) is 6.33. The first-order chi connectivity index (χ1) is 17.2. The number of carbonyl (C=O) groups is 3. The van der Waals surface area contributed by atoms with Crippen molar-refractivity contribution in [3.8, 4) is 5.75 Å². The van der Waals surface area contributed by atoms with Gasteiger partial charge in [0.1, 0.15) is 17.8 Å². The van der Waals surface area contributed by atoms with Crippen molar-refractivity contribution in [3.63, 3.8) is 0 Å². The molecular weight excluding hydrogens is 456 g/mol. The first kappa shape index (κ1) is 25.1. The molecular formula is C28H40N4O4. The molecule has 3 aliphatic heterocycles. The van der Waals surface area contributed by atoms with Crippen molar-refractivity contribution in [1.82, 2.24) is 20.0 Å². The average Bonchev–Trinajstić information content (AvgIpc) is 3.43. The van der Waals surface area contributed by atoms with Crippen molar-refractivity contribution in [3.05, 3.63) is 29.3 Å². The molecule has 0 unspecified atom stereocenters. The van der Waals surface area contributed by atoms with Gasteiger partial charge in [0.15, 0.2) is 0 Å². The summed E-state index contributed by atoms with van der Waals surface area (Å²) in [5.74, 6) is 1.18. The Kier molecular flexibility index (Phi) is 6.74. The summed E-state index contributed by atoms with van der Waals surface area (Å²) in [4.78, 5) is 44.4. The van der Waals surface area contributed by atoms with Crippen LogP contribution in [0.15, 0.2) is 18.2 Å². The molecule has 1 N–H and O–H groups in total. The van der Waals surface area contributed by atoms with E-state index in [2.05, 4.69) is 49.2 Å².